The number of alkyl halides is 12. The standard InChI is InChI=1S/C23H12F12N6.C23H12N10.C23H24N6.C21H14N8.4Pt/c1-19(2,11-5-3-7-13(38-11)40-9-36-15(20(24,25)26)17(40)22(30,31)32)12-6-4-8-14(39-12)41-10-37-16(21(27,28)29)18(41)23(33,34)35;1-23(2,17-7-5-9-19(30-17)32-13-28-15(11-24)16(32)12-25)18-8-6-10-20(31-18)33-14-29-21(26-3)22(33)27-4;1-15-17(3)28(13-24-15)21-11-7-9-19(26-21)23(5,6)20-10-8-12-22(27-20)29-14-25-16(2)18(29)4;1-21(2,16-6-4-8-18(26-16)28-13-24-11-15(28)10-22)17-7-5-9-19(27-17)29-14-25-12-20(29)23-3;;;;/h3-8H,1-2H3;5-10H,1-2H3;7-12H,1-6H3;4-9,11-12H,1-2H3;;;;/q4*-2;4*+2. The zero-order chi connectivity index (χ0) is 95.5. The zero-order valence-corrected chi connectivity index (χ0v) is 81.3. The Kier molecular flexibility index (Phi) is 32.3. The summed E-state index contributed by atoms with van der Waals surface area (Å²) in [4.78, 5) is 76.2. The smallest absolute Gasteiger partial charge is 0.415 e. The summed E-state index contributed by atoms with van der Waals surface area (Å²) in [6.07, 6.45) is 1.01. The second-order valence-corrected chi connectivity index (χ2v) is 30.7. The first-order valence-electron chi connectivity index (χ1n) is 38.7. The van der Waals surface area contributed by atoms with Crippen molar-refractivity contribution in [3.63, 3.8) is 0 Å². The van der Waals surface area contributed by atoms with E-state index in [4.69, 9.17) is 44.9 Å². The van der Waals surface area contributed by atoms with Gasteiger partial charge in [-0.15, -0.1) is 0 Å². The summed E-state index contributed by atoms with van der Waals surface area (Å²) in [5.74, 6) is 2.50. The molecule has 0 atom stereocenters. The second kappa shape index (κ2) is 41.7. The minimum atomic E-state index is -5.52. The number of nitriles is 3. The van der Waals surface area contributed by atoms with E-state index in [1.54, 1.807) is 49.1 Å². The molecule has 0 saturated carbocycles. The molecule has 0 aliphatic heterocycles. The van der Waals surface area contributed by atoms with E-state index in [9.17, 15) is 63.2 Å². The Bertz CT molecular complexity index is 6900. The van der Waals surface area contributed by atoms with Crippen LogP contribution in [0.3, 0.4) is 0 Å². The quantitative estimate of drug-likeness (QED) is 0.0640. The van der Waals surface area contributed by atoms with Crippen molar-refractivity contribution in [1.29, 1.82) is 15.8 Å². The fourth-order valence-electron chi connectivity index (χ4n) is 13.2. The van der Waals surface area contributed by atoms with Crippen LogP contribution in [0.25, 0.3) is 61.1 Å². The fourth-order valence-corrected chi connectivity index (χ4v) is 13.2. The van der Waals surface area contributed by atoms with Gasteiger partial charge in [0.1, 0.15) is 11.6 Å². The number of aromatic nitrogens is 24. The van der Waals surface area contributed by atoms with Gasteiger partial charge in [0.05, 0.1) is 70.2 Å². The molecule has 696 valence electrons. The topological polar surface area (TPSA) is 330 Å². The van der Waals surface area contributed by atoms with Crippen LogP contribution >= 0.6 is 0 Å². The zero-order valence-electron chi connectivity index (χ0n) is 72.2. The molecule has 0 fully saturated rings. The Morgan fingerprint density at radius 2 is 0.603 bits per heavy atom. The van der Waals surface area contributed by atoms with Crippen LogP contribution in [-0.2, 0) is 131 Å². The average Bonchev–Trinajstić information content (AvgIpc) is 1.60. The minimum Gasteiger partial charge on any atom is -0.415 e. The van der Waals surface area contributed by atoms with Gasteiger partial charge in [-0.05, 0) is 116 Å². The molecular weight excluding hydrogens is 2510 g/mol. The number of aryl methyl sites for hydroxylation is 2. The van der Waals surface area contributed by atoms with Crippen LogP contribution in [0.2, 0.25) is 0 Å². The Balaban J connectivity index is 0.000000203. The molecule has 30 nitrogen and oxygen atoms in total. The first kappa shape index (κ1) is 105. The molecule has 16 heterocycles. The van der Waals surface area contributed by atoms with Crippen LogP contribution < -0.4 is 0 Å². The summed E-state index contributed by atoms with van der Waals surface area (Å²) in [6, 6.07) is 46.4. The summed E-state index contributed by atoms with van der Waals surface area (Å²) in [7, 11) is 0. The van der Waals surface area contributed by atoms with Crippen molar-refractivity contribution in [1.82, 2.24) is 116 Å². The fraction of sp³-hybridized carbons (Fsp3) is 0.222. The number of hydrogen-bond acceptors (Lipinski definition) is 19. The van der Waals surface area contributed by atoms with Gasteiger partial charge in [-0.2, -0.15) is 52.7 Å². The largest absolute Gasteiger partial charge is 2.00 e. The molecule has 46 heteroatoms. The summed E-state index contributed by atoms with van der Waals surface area (Å²) in [5.41, 5.74) is -3.14. The van der Waals surface area contributed by atoms with E-state index in [1.165, 1.54) is 56.6 Å². The molecule has 136 heavy (non-hydrogen) atoms. The van der Waals surface area contributed by atoms with Gasteiger partial charge in [-0.1, -0.05) is 166 Å². The first-order chi connectivity index (χ1) is 62.4. The van der Waals surface area contributed by atoms with Crippen LogP contribution in [0.15, 0.2) is 158 Å². The van der Waals surface area contributed by atoms with E-state index in [0.29, 0.717) is 46.2 Å². The van der Waals surface area contributed by atoms with Crippen molar-refractivity contribution in [2.24, 2.45) is 0 Å². The molecule has 0 unspecified atom stereocenters. The summed E-state index contributed by atoms with van der Waals surface area (Å²) in [5, 5.41) is 27.8. The van der Waals surface area contributed by atoms with Crippen molar-refractivity contribution in [3.05, 3.63) is 351 Å². The SMILES string of the molecule is CC(C)(c1cccc(-n2[c-]nc(C(F)(F)F)c2C(F)(F)F)n1)c1cccc(-n2[c-]nc(C(F)(F)F)c2C(F)(F)F)n1.Cc1n[c-]n(-c2cccc(C(C)(C)c3cccc(-n4[c-]nc(C)c4C)n3)n2)c1C.[C-]#[N+]c1cn[c-]n1-c1cccc(C(C)(C)c2cccc(-n3[c-]ncc3C#N)n2)n1.[C-]#[N+]c1n[c-]n(-c2cccc(C(C)(C)c3cccc(-n4[c-]nc(C#N)c4C#N)n3)n2)c1[N+]#[C-].[Pt+2].[Pt+2].[Pt+2].[Pt+2]. The predicted molar refractivity (Wildman–Crippen MR) is 442 cm³/mol. The van der Waals surface area contributed by atoms with E-state index in [1.807, 2.05) is 149 Å². The molecule has 0 aliphatic rings. The van der Waals surface area contributed by atoms with E-state index < -0.39 is 75.4 Å². The van der Waals surface area contributed by atoms with Crippen LogP contribution in [0.4, 0.5) is 70.1 Å². The van der Waals surface area contributed by atoms with Gasteiger partial charge in [-0.25, -0.2) is 15.8 Å². The number of imidazole rings is 8. The third-order valence-corrected chi connectivity index (χ3v) is 20.9. The van der Waals surface area contributed by atoms with Crippen molar-refractivity contribution in [2.75, 3.05) is 0 Å². The minimum absolute atomic E-state index is 0. The van der Waals surface area contributed by atoms with Gasteiger partial charge in [0, 0.05) is 134 Å². The molecular formula is C90H62F12N30Pt4. The average molecular weight is 2570 g/mol. The third-order valence-electron chi connectivity index (χ3n) is 20.9. The molecule has 0 aromatic carbocycles. The van der Waals surface area contributed by atoms with Crippen molar-refractivity contribution in [2.45, 2.75) is 129 Å². The number of nitrogens with zero attached hydrogens (tertiary/aromatic N) is 30. The van der Waals surface area contributed by atoms with Gasteiger partial charge in [-0.3, -0.25) is 49.0 Å². The maximum Gasteiger partial charge on any atom is 2.00 e. The van der Waals surface area contributed by atoms with Crippen LogP contribution in [0, 0.1) is 132 Å². The number of hydrogen-bond donors (Lipinski definition) is 0. The molecule has 0 saturated heterocycles. The second-order valence-electron chi connectivity index (χ2n) is 30.7. The summed E-state index contributed by atoms with van der Waals surface area (Å²) in [6.45, 7) is 44.7. The molecule has 0 N–H and O–H groups in total. The van der Waals surface area contributed by atoms with E-state index in [-0.39, 0.29) is 133 Å². The molecule has 0 radical (unpaired) electrons. The van der Waals surface area contributed by atoms with Crippen LogP contribution in [0.5, 0.6) is 0 Å². The number of rotatable bonds is 16. The molecule has 0 aliphatic carbocycles. The monoisotopic (exact) mass is 2570 g/mol. The van der Waals surface area contributed by atoms with Crippen molar-refractivity contribution < 1.29 is 137 Å². The van der Waals surface area contributed by atoms with Crippen LogP contribution in [-0.4, -0.2) is 116 Å². The Hall–Kier alpha value is -14.3. The molecule has 16 rings (SSSR count). The van der Waals surface area contributed by atoms with Gasteiger partial charge in [0.15, 0.2) is 6.33 Å². The van der Waals surface area contributed by atoms with Gasteiger partial charge < -0.3 is 76.8 Å². The molecule has 16 aromatic heterocycles. The summed E-state index contributed by atoms with van der Waals surface area (Å²) < 4.78 is 170. The number of halogens is 12. The van der Waals surface area contributed by atoms with Crippen molar-refractivity contribution in [3.8, 4) is 64.8 Å². The van der Waals surface area contributed by atoms with E-state index in [2.05, 4.69) is 132 Å². The van der Waals surface area contributed by atoms with Crippen molar-refractivity contribution >= 4 is 17.5 Å². The van der Waals surface area contributed by atoms with Gasteiger partial charge in [0.2, 0.25) is 0 Å². The molecule has 16 aromatic rings. The molecule has 0 amide bonds. The first-order valence-corrected chi connectivity index (χ1v) is 38.7. The maximum atomic E-state index is 13.6. The maximum absolute atomic E-state index is 13.6. The molecule has 0 spiro atoms. The predicted octanol–water partition coefficient (Wildman–Crippen LogP) is 17.7. The normalized spacial score (nSPS) is 11.5. The van der Waals surface area contributed by atoms with E-state index in [0.717, 1.165) is 81.5 Å². The Labute approximate surface area is 825 Å². The Morgan fingerprint density at radius 1 is 0.309 bits per heavy atom. The number of pyridine rings is 8. The third kappa shape index (κ3) is 21.6. The Morgan fingerprint density at radius 3 is 0.897 bits per heavy atom. The molecule has 0 bridgehead atoms. The van der Waals surface area contributed by atoms with Gasteiger partial charge in [0.25, 0.3) is 18.0 Å². The van der Waals surface area contributed by atoms with Gasteiger partial charge >= 0.3 is 115 Å². The van der Waals surface area contributed by atoms with Crippen LogP contribution in [0.1, 0.15) is 164 Å². The summed E-state index contributed by atoms with van der Waals surface area (Å²) >= 11 is 0. The van der Waals surface area contributed by atoms with E-state index >= 15 is 0 Å².